The molecule has 1 saturated heterocycles. The number of ether oxygens (including phenoxy) is 1. The second-order valence-electron chi connectivity index (χ2n) is 11.9. The number of aliphatic carboxylic acids is 1. The lowest BCUT2D eigenvalue weighted by Gasteiger charge is -2.40. The number of carboxylic acids is 1. The summed E-state index contributed by atoms with van der Waals surface area (Å²) in [4.78, 5) is 62.3. The van der Waals surface area contributed by atoms with Gasteiger partial charge in [-0.25, -0.2) is 27.3 Å². The van der Waals surface area contributed by atoms with Crippen LogP contribution < -0.4 is 21.5 Å². The number of amides is 1. The van der Waals surface area contributed by atoms with Crippen LogP contribution in [0.2, 0.25) is 0 Å². The maximum Gasteiger partial charge on any atom is 0.335 e. The zero-order chi connectivity index (χ0) is 37.2. The number of anilines is 1. The number of carboxylic acid groups (broad SMARTS) is 1. The molecule has 0 spiro atoms. The monoisotopic (exact) mass is 706 g/mol. The van der Waals surface area contributed by atoms with Crippen molar-refractivity contribution in [2.24, 2.45) is 7.05 Å². The summed E-state index contributed by atoms with van der Waals surface area (Å²) >= 11 is 0. The normalized spacial score (nSPS) is 15.3. The summed E-state index contributed by atoms with van der Waals surface area (Å²) < 4.78 is 51.6. The lowest BCUT2D eigenvalue weighted by atomic mass is 9.99. The van der Waals surface area contributed by atoms with E-state index in [9.17, 15) is 33.1 Å². The van der Waals surface area contributed by atoms with Gasteiger partial charge in [0.05, 0.1) is 47.1 Å². The fraction of sp³-hybridized carbons (Fsp3) is 0.333. The van der Waals surface area contributed by atoms with Crippen molar-refractivity contribution in [2.75, 3.05) is 24.7 Å². The number of alkyl halides is 2. The summed E-state index contributed by atoms with van der Waals surface area (Å²) in [5.41, 5.74) is -0.223. The van der Waals surface area contributed by atoms with Gasteiger partial charge in [0.1, 0.15) is 17.9 Å². The van der Waals surface area contributed by atoms with Crippen molar-refractivity contribution in [1.29, 1.82) is 0 Å². The molecule has 2 aromatic carbocycles. The molecule has 2 N–H and O–H groups in total. The number of fused-ring (bicyclic) bond motifs is 2. The van der Waals surface area contributed by atoms with Gasteiger partial charge < -0.3 is 20.1 Å². The number of nitrogens with one attached hydrogen (secondary N) is 1. The summed E-state index contributed by atoms with van der Waals surface area (Å²) in [6, 6.07) is 7.27. The number of aromatic nitrogens is 4. The Morgan fingerprint density at radius 3 is 2.55 bits per heavy atom. The highest BCUT2D eigenvalue weighted by molar-refractivity contribution is 5.99. The zero-order valence-corrected chi connectivity index (χ0v) is 28.6. The summed E-state index contributed by atoms with van der Waals surface area (Å²) in [5.74, 6) is -6.56. The Kier molecular flexibility index (Phi) is 10.6. The van der Waals surface area contributed by atoms with Crippen LogP contribution in [0.3, 0.4) is 0 Å². The Morgan fingerprint density at radius 2 is 1.86 bits per heavy atom. The van der Waals surface area contributed by atoms with Crippen LogP contribution in [0, 0.1) is 12.7 Å². The molecule has 5 aromatic rings. The molecule has 1 aliphatic heterocycles. The minimum atomic E-state index is -3.15. The van der Waals surface area contributed by atoms with Crippen LogP contribution in [0.1, 0.15) is 42.3 Å². The summed E-state index contributed by atoms with van der Waals surface area (Å²) in [6.07, 6.45) is 4.05. The molecule has 0 radical (unpaired) electrons. The number of nitrogens with zero attached hydrogens (tertiary/aromatic N) is 5. The van der Waals surface area contributed by atoms with Crippen LogP contribution in [0.25, 0.3) is 27.5 Å². The second kappa shape index (κ2) is 14.7. The van der Waals surface area contributed by atoms with E-state index in [0.717, 1.165) is 17.6 Å². The number of morpholine rings is 1. The number of pyridine rings is 2. The topological polar surface area (TPSA) is 149 Å². The lowest BCUT2D eigenvalue weighted by Crippen LogP contribution is -2.54. The van der Waals surface area contributed by atoms with Gasteiger partial charge >= 0.3 is 11.7 Å². The molecule has 51 heavy (non-hydrogen) atoms. The Hall–Kier alpha value is -5.57. The van der Waals surface area contributed by atoms with Crippen molar-refractivity contribution >= 4 is 39.4 Å². The van der Waals surface area contributed by atoms with Crippen molar-refractivity contribution in [1.82, 2.24) is 24.4 Å². The summed E-state index contributed by atoms with van der Waals surface area (Å²) in [5, 5.41) is 13.1. The molecule has 0 bridgehead atoms. The average Bonchev–Trinajstić information content (AvgIpc) is 3.11. The molecule has 3 aromatic heterocycles. The molecule has 0 unspecified atom stereocenters. The molecule has 0 aliphatic carbocycles. The second-order valence-corrected chi connectivity index (χ2v) is 11.9. The molecular weight excluding hydrogens is 669 g/mol. The van der Waals surface area contributed by atoms with Crippen LogP contribution in [0.5, 0.6) is 0 Å². The highest BCUT2D eigenvalue weighted by atomic mass is 19.3. The maximum absolute atomic E-state index is 15.5. The number of rotatable bonds is 8. The van der Waals surface area contributed by atoms with Gasteiger partial charge in [0.15, 0.2) is 0 Å². The number of benzene rings is 2. The quantitative estimate of drug-likeness (QED) is 0.240. The van der Waals surface area contributed by atoms with Crippen molar-refractivity contribution in [2.45, 2.75) is 52.1 Å². The SMILES string of the molecule is CC.Cc1cc(N2CCOC[C@@H]2C(C)(F)F)cc(F)c1C(=O)N[C@@H](Cc1ccc(-n2c(=O)c3ccncc3n(C)c2=O)c2ncccc12)C(=O)O. The Balaban J connectivity index is 0.00000248. The van der Waals surface area contributed by atoms with E-state index in [0.29, 0.717) is 16.5 Å². The van der Waals surface area contributed by atoms with Crippen LogP contribution in [0.4, 0.5) is 18.9 Å². The van der Waals surface area contributed by atoms with Crippen LogP contribution in [-0.4, -0.2) is 73.8 Å². The first kappa shape index (κ1) is 36.7. The van der Waals surface area contributed by atoms with Gasteiger partial charge in [-0.1, -0.05) is 26.0 Å². The van der Waals surface area contributed by atoms with E-state index >= 15 is 4.39 Å². The van der Waals surface area contributed by atoms with E-state index in [1.54, 1.807) is 12.1 Å². The Labute approximate surface area is 290 Å². The van der Waals surface area contributed by atoms with Crippen molar-refractivity contribution < 1.29 is 32.6 Å². The fourth-order valence-corrected chi connectivity index (χ4v) is 6.24. The molecule has 1 aliphatic rings. The molecule has 15 heteroatoms. The van der Waals surface area contributed by atoms with Gasteiger partial charge in [-0.2, -0.15) is 0 Å². The third-order valence-electron chi connectivity index (χ3n) is 8.72. The maximum atomic E-state index is 15.5. The Morgan fingerprint density at radius 1 is 1.12 bits per heavy atom. The first-order chi connectivity index (χ1) is 24.3. The van der Waals surface area contributed by atoms with E-state index in [1.165, 1.54) is 66.3 Å². The molecule has 2 atom stereocenters. The molecule has 268 valence electrons. The number of aryl methyl sites for hydroxylation is 2. The van der Waals surface area contributed by atoms with Crippen LogP contribution >= 0.6 is 0 Å². The largest absolute Gasteiger partial charge is 0.480 e. The summed E-state index contributed by atoms with van der Waals surface area (Å²) in [7, 11) is 1.51. The lowest BCUT2D eigenvalue weighted by molar-refractivity contribution is -0.139. The highest BCUT2D eigenvalue weighted by Crippen LogP contribution is 2.32. The molecule has 12 nitrogen and oxygen atoms in total. The van der Waals surface area contributed by atoms with Crippen LogP contribution in [0.15, 0.2) is 70.6 Å². The third-order valence-corrected chi connectivity index (χ3v) is 8.72. The van der Waals surface area contributed by atoms with Crippen molar-refractivity contribution in [3.8, 4) is 5.69 Å². The van der Waals surface area contributed by atoms with Crippen LogP contribution in [-0.2, 0) is 23.0 Å². The van der Waals surface area contributed by atoms with E-state index in [2.05, 4.69) is 15.3 Å². The van der Waals surface area contributed by atoms with E-state index in [4.69, 9.17) is 4.74 Å². The molecule has 1 amide bonds. The predicted molar refractivity (Wildman–Crippen MR) is 186 cm³/mol. The summed E-state index contributed by atoms with van der Waals surface area (Å²) in [6.45, 7) is 6.18. The highest BCUT2D eigenvalue weighted by Gasteiger charge is 2.41. The van der Waals surface area contributed by atoms with Gasteiger partial charge in [0, 0.05) is 50.4 Å². The molecule has 4 heterocycles. The minimum absolute atomic E-state index is 0.0861. The standard InChI is InChI=1S/C34H31F3N6O6.C2H6/c1-18-13-20(42-11-12-49-17-27(42)34(2,36)37)15-23(35)28(18)30(44)40-24(32(46)47)14-19-6-7-25(29-21(19)5-4-9-39-29)43-31(45)22-8-10-38-16-26(22)41(3)33(43)48;1-2/h4-10,13,15-16,24,27H,11-12,14,17H2,1-3H3,(H,40,44)(H,46,47);1-2H3/t24-,27+;/m0./s1. The Bertz CT molecular complexity index is 2230. The van der Waals surface area contributed by atoms with E-state index in [-0.39, 0.29) is 54.0 Å². The predicted octanol–water partition coefficient (Wildman–Crippen LogP) is 4.39. The van der Waals surface area contributed by atoms with Gasteiger partial charge in [-0.3, -0.25) is 24.1 Å². The van der Waals surface area contributed by atoms with Gasteiger partial charge in [0.2, 0.25) is 0 Å². The number of halogens is 3. The van der Waals surface area contributed by atoms with Crippen molar-refractivity contribution in [3.05, 3.63) is 104 Å². The molecule has 0 saturated carbocycles. The zero-order valence-electron chi connectivity index (χ0n) is 28.6. The van der Waals surface area contributed by atoms with Gasteiger partial charge in [0.25, 0.3) is 17.4 Å². The number of carbonyl (C=O) groups is 2. The van der Waals surface area contributed by atoms with E-state index < -0.39 is 52.5 Å². The van der Waals surface area contributed by atoms with E-state index in [1.807, 2.05) is 13.8 Å². The number of hydrogen-bond acceptors (Lipinski definition) is 8. The average molecular weight is 707 g/mol. The molecule has 6 rings (SSSR count). The van der Waals surface area contributed by atoms with Crippen molar-refractivity contribution in [3.63, 3.8) is 0 Å². The third kappa shape index (κ3) is 7.06. The smallest absolute Gasteiger partial charge is 0.335 e. The van der Waals surface area contributed by atoms with Gasteiger partial charge in [-0.15, -0.1) is 0 Å². The number of hydrogen-bond donors (Lipinski definition) is 2. The molecule has 1 fully saturated rings. The van der Waals surface area contributed by atoms with Gasteiger partial charge in [-0.05, 0) is 48.4 Å². The number of carbonyl (C=O) groups excluding carboxylic acids is 1. The first-order valence-corrected chi connectivity index (χ1v) is 16.3. The molecular formula is C36H37F3N6O6. The first-order valence-electron chi connectivity index (χ1n) is 16.3. The fourth-order valence-electron chi connectivity index (χ4n) is 6.24. The minimum Gasteiger partial charge on any atom is -0.480 e.